The molecule has 0 unspecified atom stereocenters. The summed E-state index contributed by atoms with van der Waals surface area (Å²) in [4.78, 5) is 13.3. The fourth-order valence-corrected chi connectivity index (χ4v) is 4.11. The average molecular weight is 386 g/mol. The van der Waals surface area contributed by atoms with Crippen molar-refractivity contribution >= 4 is 29.1 Å². The maximum atomic E-state index is 12.6. The second kappa shape index (κ2) is 7.67. The molecule has 6 heteroatoms. The number of hydrazone groups is 1. The lowest BCUT2D eigenvalue weighted by Crippen LogP contribution is -2.14. The standard InChI is InChI=1S/C22H18N4OS/c23-12-21-18(8-9-28-21)15-4-6-17(7-5-15)26-22(27)20-11-19(20)16-3-1-2-14(10-16)13-25-24/h1-10,13,19-20H,11,24H2,(H,26,27)/t19-,20-/m1/s1. The summed E-state index contributed by atoms with van der Waals surface area (Å²) in [7, 11) is 0. The molecule has 1 aromatic heterocycles. The number of anilines is 1. The summed E-state index contributed by atoms with van der Waals surface area (Å²) < 4.78 is 0. The lowest BCUT2D eigenvalue weighted by Gasteiger charge is -2.07. The molecular formula is C22H18N4OS. The molecule has 1 aliphatic rings. The van der Waals surface area contributed by atoms with E-state index in [1.807, 2.05) is 60.0 Å². The van der Waals surface area contributed by atoms with Gasteiger partial charge in [0.05, 0.1) is 6.21 Å². The molecule has 28 heavy (non-hydrogen) atoms. The minimum Gasteiger partial charge on any atom is -0.326 e. The molecule has 3 aromatic rings. The van der Waals surface area contributed by atoms with Crippen molar-refractivity contribution in [1.29, 1.82) is 5.26 Å². The van der Waals surface area contributed by atoms with Crippen molar-refractivity contribution in [3.8, 4) is 17.2 Å². The Morgan fingerprint density at radius 3 is 2.82 bits per heavy atom. The highest BCUT2D eigenvalue weighted by Gasteiger charge is 2.43. The normalized spacial score (nSPS) is 18.0. The first kappa shape index (κ1) is 18.0. The first-order chi connectivity index (χ1) is 13.7. The number of nitriles is 1. The molecule has 1 heterocycles. The van der Waals surface area contributed by atoms with Gasteiger partial charge in [-0.05, 0) is 58.7 Å². The van der Waals surface area contributed by atoms with Crippen molar-refractivity contribution < 1.29 is 4.79 Å². The lowest BCUT2D eigenvalue weighted by molar-refractivity contribution is -0.117. The molecule has 2 aromatic carbocycles. The second-order valence-electron chi connectivity index (χ2n) is 6.74. The Hall–Kier alpha value is -3.43. The van der Waals surface area contributed by atoms with Gasteiger partial charge in [0.15, 0.2) is 0 Å². The van der Waals surface area contributed by atoms with Crippen LogP contribution in [0.15, 0.2) is 65.1 Å². The summed E-state index contributed by atoms with van der Waals surface area (Å²) in [5, 5.41) is 17.6. The van der Waals surface area contributed by atoms with Crippen LogP contribution in [0.3, 0.4) is 0 Å². The van der Waals surface area contributed by atoms with Gasteiger partial charge in [-0.3, -0.25) is 4.79 Å². The van der Waals surface area contributed by atoms with E-state index in [4.69, 9.17) is 11.1 Å². The van der Waals surface area contributed by atoms with E-state index in [2.05, 4.69) is 16.5 Å². The molecule has 138 valence electrons. The van der Waals surface area contributed by atoms with Crippen molar-refractivity contribution in [3.05, 3.63) is 76.0 Å². The molecule has 4 rings (SSSR count). The molecule has 1 aliphatic carbocycles. The van der Waals surface area contributed by atoms with Crippen LogP contribution in [0, 0.1) is 17.2 Å². The van der Waals surface area contributed by atoms with Gasteiger partial charge in [0, 0.05) is 17.2 Å². The van der Waals surface area contributed by atoms with Gasteiger partial charge in [-0.15, -0.1) is 11.3 Å². The number of carbonyl (C=O) groups is 1. The predicted octanol–water partition coefficient (Wildman–Crippen LogP) is 4.32. The Balaban J connectivity index is 1.41. The lowest BCUT2D eigenvalue weighted by atomic mass is 10.1. The number of amides is 1. The van der Waals surface area contributed by atoms with Gasteiger partial charge < -0.3 is 11.2 Å². The fraction of sp³-hybridized carbons (Fsp3) is 0.136. The fourth-order valence-electron chi connectivity index (χ4n) is 3.40. The van der Waals surface area contributed by atoms with Crippen molar-refractivity contribution in [1.82, 2.24) is 0 Å². The third-order valence-electron chi connectivity index (χ3n) is 4.92. The van der Waals surface area contributed by atoms with E-state index >= 15 is 0 Å². The van der Waals surface area contributed by atoms with E-state index in [0.29, 0.717) is 4.88 Å². The molecule has 5 nitrogen and oxygen atoms in total. The number of hydrogen-bond acceptors (Lipinski definition) is 5. The summed E-state index contributed by atoms with van der Waals surface area (Å²) in [6, 6.07) is 19.7. The molecule has 0 radical (unpaired) electrons. The number of nitrogens with one attached hydrogen (secondary N) is 1. The molecule has 1 saturated carbocycles. The topological polar surface area (TPSA) is 91.3 Å². The minimum absolute atomic E-state index is 0.0215. The summed E-state index contributed by atoms with van der Waals surface area (Å²) >= 11 is 1.43. The van der Waals surface area contributed by atoms with Gasteiger partial charge in [0.1, 0.15) is 10.9 Å². The third kappa shape index (κ3) is 3.66. The summed E-state index contributed by atoms with van der Waals surface area (Å²) in [5.74, 6) is 5.45. The van der Waals surface area contributed by atoms with Crippen LogP contribution in [0.5, 0.6) is 0 Å². The van der Waals surface area contributed by atoms with Crippen molar-refractivity contribution in [2.24, 2.45) is 16.9 Å². The van der Waals surface area contributed by atoms with Gasteiger partial charge in [0.25, 0.3) is 0 Å². The van der Waals surface area contributed by atoms with E-state index < -0.39 is 0 Å². The first-order valence-corrected chi connectivity index (χ1v) is 9.79. The number of hydrogen-bond donors (Lipinski definition) is 2. The van der Waals surface area contributed by atoms with Crippen LogP contribution in [-0.2, 0) is 4.79 Å². The Morgan fingerprint density at radius 1 is 1.25 bits per heavy atom. The monoisotopic (exact) mass is 386 g/mol. The zero-order chi connectivity index (χ0) is 19.5. The largest absolute Gasteiger partial charge is 0.326 e. The molecule has 3 N–H and O–H groups in total. The minimum atomic E-state index is -0.0215. The Kier molecular flexibility index (Phi) is 4.92. The van der Waals surface area contributed by atoms with Gasteiger partial charge >= 0.3 is 0 Å². The number of thiophene rings is 1. The quantitative estimate of drug-likeness (QED) is 0.389. The zero-order valence-corrected chi connectivity index (χ0v) is 15.8. The van der Waals surface area contributed by atoms with E-state index in [-0.39, 0.29) is 17.7 Å². The highest BCUT2D eigenvalue weighted by Crippen LogP contribution is 2.48. The smallest absolute Gasteiger partial charge is 0.228 e. The van der Waals surface area contributed by atoms with Crippen LogP contribution < -0.4 is 11.2 Å². The van der Waals surface area contributed by atoms with E-state index in [1.54, 1.807) is 6.21 Å². The molecule has 2 atom stereocenters. The van der Waals surface area contributed by atoms with Crippen LogP contribution in [0.25, 0.3) is 11.1 Å². The summed E-state index contributed by atoms with van der Waals surface area (Å²) in [6.07, 6.45) is 2.45. The van der Waals surface area contributed by atoms with Crippen LogP contribution in [0.2, 0.25) is 0 Å². The van der Waals surface area contributed by atoms with Gasteiger partial charge in [-0.2, -0.15) is 10.4 Å². The van der Waals surface area contributed by atoms with E-state index in [0.717, 1.165) is 34.4 Å². The van der Waals surface area contributed by atoms with Gasteiger partial charge in [0.2, 0.25) is 5.91 Å². The number of rotatable bonds is 5. The number of benzene rings is 2. The zero-order valence-electron chi connectivity index (χ0n) is 15.0. The van der Waals surface area contributed by atoms with Gasteiger partial charge in [-0.25, -0.2) is 0 Å². The van der Waals surface area contributed by atoms with Crippen molar-refractivity contribution in [2.75, 3.05) is 5.32 Å². The highest BCUT2D eigenvalue weighted by molar-refractivity contribution is 7.11. The molecular weight excluding hydrogens is 368 g/mol. The second-order valence-corrected chi connectivity index (χ2v) is 7.65. The van der Waals surface area contributed by atoms with Crippen molar-refractivity contribution in [2.45, 2.75) is 12.3 Å². The third-order valence-corrected chi connectivity index (χ3v) is 5.74. The Labute approximate surface area is 167 Å². The predicted molar refractivity (Wildman–Crippen MR) is 112 cm³/mol. The summed E-state index contributed by atoms with van der Waals surface area (Å²) in [6.45, 7) is 0. The van der Waals surface area contributed by atoms with E-state index in [1.165, 1.54) is 11.3 Å². The number of carbonyl (C=O) groups excluding carboxylic acids is 1. The molecule has 0 saturated heterocycles. The molecule has 0 bridgehead atoms. The highest BCUT2D eigenvalue weighted by atomic mass is 32.1. The van der Waals surface area contributed by atoms with Crippen LogP contribution in [0.4, 0.5) is 5.69 Å². The first-order valence-electron chi connectivity index (χ1n) is 8.91. The average Bonchev–Trinajstić information content (AvgIpc) is 3.39. The van der Waals surface area contributed by atoms with E-state index in [9.17, 15) is 4.79 Å². The molecule has 1 fully saturated rings. The van der Waals surface area contributed by atoms with Crippen LogP contribution >= 0.6 is 11.3 Å². The number of nitrogens with zero attached hydrogens (tertiary/aromatic N) is 2. The van der Waals surface area contributed by atoms with Crippen LogP contribution in [-0.4, -0.2) is 12.1 Å². The SMILES string of the molecule is N#Cc1sccc1-c1ccc(NC(=O)[C@@H]2C[C@@H]2c2cccc(C=NN)c2)cc1. The maximum absolute atomic E-state index is 12.6. The maximum Gasteiger partial charge on any atom is 0.228 e. The van der Waals surface area contributed by atoms with Crippen molar-refractivity contribution in [3.63, 3.8) is 0 Å². The van der Waals surface area contributed by atoms with Crippen LogP contribution in [0.1, 0.15) is 28.3 Å². The number of nitrogens with two attached hydrogens (primary N) is 1. The molecule has 0 spiro atoms. The molecule has 1 amide bonds. The Morgan fingerprint density at radius 2 is 2.07 bits per heavy atom. The Bertz CT molecular complexity index is 1080. The van der Waals surface area contributed by atoms with Gasteiger partial charge in [-0.1, -0.05) is 30.3 Å². The summed E-state index contributed by atoms with van der Waals surface area (Å²) in [5.41, 5.74) is 4.73. The molecule has 0 aliphatic heterocycles.